The molecule has 1 fully saturated rings. The number of rotatable bonds is 4. The van der Waals surface area contributed by atoms with Gasteiger partial charge in [-0.15, -0.1) is 0 Å². The van der Waals surface area contributed by atoms with Crippen molar-refractivity contribution in [3.63, 3.8) is 0 Å². The molecule has 126 valence electrons. The van der Waals surface area contributed by atoms with Crippen LogP contribution in [0.5, 0.6) is 0 Å². The minimum atomic E-state index is -0.656. The predicted molar refractivity (Wildman–Crippen MR) is 84.6 cm³/mol. The third-order valence-electron chi connectivity index (χ3n) is 3.95. The van der Waals surface area contributed by atoms with Gasteiger partial charge in [0.2, 0.25) is 5.91 Å². The van der Waals surface area contributed by atoms with Gasteiger partial charge in [0.25, 0.3) is 5.91 Å². The summed E-state index contributed by atoms with van der Waals surface area (Å²) in [6.45, 7) is 1.20. The number of benzene rings is 1. The van der Waals surface area contributed by atoms with Crippen LogP contribution in [0.25, 0.3) is 0 Å². The van der Waals surface area contributed by atoms with Gasteiger partial charge in [-0.1, -0.05) is 0 Å². The van der Waals surface area contributed by atoms with Gasteiger partial charge in [-0.05, 0) is 37.0 Å². The Morgan fingerprint density at radius 2 is 2.00 bits per heavy atom. The highest BCUT2D eigenvalue weighted by Gasteiger charge is 2.27. The Balaban J connectivity index is 2.08. The molecule has 0 saturated carbocycles. The molecule has 2 amide bonds. The van der Waals surface area contributed by atoms with E-state index in [1.165, 1.54) is 31.1 Å². The zero-order valence-corrected chi connectivity index (χ0v) is 13.3. The second-order valence-corrected chi connectivity index (χ2v) is 5.86. The standard InChI is InChI=1S/C16H22FN3O3/c1-20(2)16(22)12-9-11(3-4-13(12)17)19-15(21)14(18)10-5-7-23-8-6-10/h3-4,9-10,14H,5-8,18H2,1-2H3,(H,19,21). The van der Waals surface area contributed by atoms with Crippen molar-refractivity contribution in [2.24, 2.45) is 11.7 Å². The number of ether oxygens (including phenoxy) is 1. The summed E-state index contributed by atoms with van der Waals surface area (Å²) in [4.78, 5) is 25.4. The Kier molecular flexibility index (Phi) is 5.68. The van der Waals surface area contributed by atoms with E-state index in [9.17, 15) is 14.0 Å². The number of carbonyl (C=O) groups excluding carboxylic acids is 2. The number of halogens is 1. The van der Waals surface area contributed by atoms with Crippen molar-refractivity contribution >= 4 is 17.5 Å². The molecule has 1 unspecified atom stereocenters. The number of carbonyl (C=O) groups is 2. The molecule has 23 heavy (non-hydrogen) atoms. The fourth-order valence-corrected chi connectivity index (χ4v) is 2.52. The van der Waals surface area contributed by atoms with E-state index in [1.807, 2.05) is 0 Å². The summed E-state index contributed by atoms with van der Waals surface area (Å²) in [6.07, 6.45) is 1.48. The lowest BCUT2D eigenvalue weighted by Crippen LogP contribution is -2.44. The number of nitrogens with two attached hydrogens (primary N) is 1. The second kappa shape index (κ2) is 7.52. The smallest absolute Gasteiger partial charge is 0.256 e. The van der Waals surface area contributed by atoms with E-state index >= 15 is 0 Å². The predicted octanol–water partition coefficient (Wildman–Crippen LogP) is 1.22. The van der Waals surface area contributed by atoms with Crippen LogP contribution in [-0.4, -0.2) is 50.1 Å². The van der Waals surface area contributed by atoms with Crippen molar-refractivity contribution in [2.75, 3.05) is 32.6 Å². The van der Waals surface area contributed by atoms with Crippen molar-refractivity contribution in [2.45, 2.75) is 18.9 Å². The van der Waals surface area contributed by atoms with Gasteiger partial charge in [-0.2, -0.15) is 0 Å². The van der Waals surface area contributed by atoms with Gasteiger partial charge in [-0.3, -0.25) is 9.59 Å². The van der Waals surface area contributed by atoms with Crippen molar-refractivity contribution < 1.29 is 18.7 Å². The van der Waals surface area contributed by atoms with Crippen LogP contribution in [0, 0.1) is 11.7 Å². The fraction of sp³-hybridized carbons (Fsp3) is 0.500. The monoisotopic (exact) mass is 323 g/mol. The lowest BCUT2D eigenvalue weighted by atomic mass is 9.92. The van der Waals surface area contributed by atoms with Crippen LogP contribution in [0.2, 0.25) is 0 Å². The lowest BCUT2D eigenvalue weighted by Gasteiger charge is -2.26. The van der Waals surface area contributed by atoms with E-state index in [0.717, 1.165) is 18.9 Å². The Labute approximate surface area is 134 Å². The average molecular weight is 323 g/mol. The molecule has 1 atom stereocenters. The number of amides is 2. The molecular formula is C16H22FN3O3. The number of nitrogens with one attached hydrogen (secondary N) is 1. The molecule has 3 N–H and O–H groups in total. The van der Waals surface area contributed by atoms with Crippen LogP contribution in [0.1, 0.15) is 23.2 Å². The summed E-state index contributed by atoms with van der Waals surface area (Å²) >= 11 is 0. The number of nitrogens with zero attached hydrogens (tertiary/aromatic N) is 1. The van der Waals surface area contributed by atoms with Crippen LogP contribution in [0.3, 0.4) is 0 Å². The van der Waals surface area contributed by atoms with Crippen LogP contribution in [-0.2, 0) is 9.53 Å². The highest BCUT2D eigenvalue weighted by Crippen LogP contribution is 2.20. The van der Waals surface area contributed by atoms with Crippen LogP contribution >= 0.6 is 0 Å². The van der Waals surface area contributed by atoms with E-state index in [0.29, 0.717) is 18.9 Å². The van der Waals surface area contributed by atoms with Crippen LogP contribution in [0.4, 0.5) is 10.1 Å². The molecule has 1 heterocycles. The van der Waals surface area contributed by atoms with Crippen molar-refractivity contribution in [1.82, 2.24) is 4.90 Å². The highest BCUT2D eigenvalue weighted by atomic mass is 19.1. The van der Waals surface area contributed by atoms with E-state index in [-0.39, 0.29) is 17.4 Å². The first-order valence-corrected chi connectivity index (χ1v) is 7.55. The number of hydrogen-bond acceptors (Lipinski definition) is 4. The SMILES string of the molecule is CN(C)C(=O)c1cc(NC(=O)C(N)C2CCOCC2)ccc1F. The fourth-order valence-electron chi connectivity index (χ4n) is 2.52. The zero-order chi connectivity index (χ0) is 17.0. The summed E-state index contributed by atoms with van der Waals surface area (Å²) in [5.74, 6) is -1.37. The van der Waals surface area contributed by atoms with Crippen molar-refractivity contribution in [3.8, 4) is 0 Å². The molecule has 1 aliphatic rings. The topological polar surface area (TPSA) is 84.7 Å². The lowest BCUT2D eigenvalue weighted by molar-refractivity contribution is -0.119. The molecule has 0 aliphatic carbocycles. The maximum atomic E-state index is 13.8. The summed E-state index contributed by atoms with van der Waals surface area (Å²) in [5.41, 5.74) is 6.26. The summed E-state index contributed by atoms with van der Waals surface area (Å²) < 4.78 is 19.0. The molecule has 0 radical (unpaired) electrons. The van der Waals surface area contributed by atoms with Gasteiger partial charge in [0.05, 0.1) is 11.6 Å². The van der Waals surface area contributed by atoms with E-state index in [2.05, 4.69) is 5.32 Å². The molecule has 7 heteroatoms. The molecule has 1 aromatic carbocycles. The molecule has 1 aliphatic heterocycles. The first-order valence-electron chi connectivity index (χ1n) is 7.55. The van der Waals surface area contributed by atoms with Gasteiger partial charge >= 0.3 is 0 Å². The molecule has 2 rings (SSSR count). The Morgan fingerprint density at radius 3 is 2.61 bits per heavy atom. The maximum absolute atomic E-state index is 13.8. The van der Waals surface area contributed by atoms with Gasteiger partial charge in [0.15, 0.2) is 0 Å². The summed E-state index contributed by atoms with van der Waals surface area (Å²) in [6, 6.07) is 3.24. The van der Waals surface area contributed by atoms with Crippen molar-refractivity contribution in [3.05, 3.63) is 29.6 Å². The molecule has 0 bridgehead atoms. The van der Waals surface area contributed by atoms with E-state index in [4.69, 9.17) is 10.5 Å². The van der Waals surface area contributed by atoms with Crippen molar-refractivity contribution in [1.29, 1.82) is 0 Å². The molecule has 1 saturated heterocycles. The Morgan fingerprint density at radius 1 is 1.35 bits per heavy atom. The number of hydrogen-bond donors (Lipinski definition) is 2. The average Bonchev–Trinajstić information content (AvgIpc) is 2.55. The molecule has 1 aromatic rings. The minimum absolute atomic E-state index is 0.0621. The van der Waals surface area contributed by atoms with Gasteiger partial charge < -0.3 is 20.7 Å². The normalized spacial score (nSPS) is 16.7. The first kappa shape index (κ1) is 17.4. The molecule has 0 aromatic heterocycles. The van der Waals surface area contributed by atoms with Gasteiger partial charge in [0, 0.05) is 33.0 Å². The molecule has 6 nitrogen and oxygen atoms in total. The minimum Gasteiger partial charge on any atom is -0.381 e. The van der Waals surface area contributed by atoms with Crippen LogP contribution in [0.15, 0.2) is 18.2 Å². The second-order valence-electron chi connectivity index (χ2n) is 5.86. The van der Waals surface area contributed by atoms with E-state index < -0.39 is 17.8 Å². The summed E-state index contributed by atoms with van der Waals surface area (Å²) in [7, 11) is 3.07. The first-order chi connectivity index (χ1) is 10.9. The maximum Gasteiger partial charge on any atom is 0.256 e. The van der Waals surface area contributed by atoms with E-state index in [1.54, 1.807) is 0 Å². The zero-order valence-electron chi connectivity index (χ0n) is 13.3. The van der Waals surface area contributed by atoms with Gasteiger partial charge in [-0.25, -0.2) is 4.39 Å². The van der Waals surface area contributed by atoms with Gasteiger partial charge in [0.1, 0.15) is 5.82 Å². The third-order valence-corrected chi connectivity index (χ3v) is 3.95. The third kappa shape index (κ3) is 4.27. The quantitative estimate of drug-likeness (QED) is 0.872. The molecule has 0 spiro atoms. The highest BCUT2D eigenvalue weighted by molar-refractivity contribution is 5.98. The largest absolute Gasteiger partial charge is 0.381 e. The van der Waals surface area contributed by atoms with Crippen LogP contribution < -0.4 is 11.1 Å². The Bertz CT molecular complexity index is 586. The summed E-state index contributed by atoms with van der Waals surface area (Å²) in [5, 5.41) is 2.66. The Hall–Kier alpha value is -1.99. The number of anilines is 1. The molecular weight excluding hydrogens is 301 g/mol.